The van der Waals surface area contributed by atoms with Crippen LogP contribution in [0.1, 0.15) is 60.5 Å². The standard InChI is InChI=1S/C30H31N7O/c31-17-28(38)37-16-2-4-27(37)30-34-19-26(36-30)23-13-9-21(10-14-23)6-5-20-7-11-22(12-8-20)25-18-33-29(35-25)24-3-1-15-32-24/h7-14,18-19,24,27,32H,1-4,15-17,31H2,(H,33,35)(H,34,36)/t24-,27-/m0/s1. The molecule has 6 rings (SSSR count). The molecule has 2 fully saturated rings. The van der Waals surface area contributed by atoms with Gasteiger partial charge in [0.1, 0.15) is 11.6 Å². The molecule has 8 nitrogen and oxygen atoms in total. The molecule has 4 heterocycles. The van der Waals surface area contributed by atoms with Crippen LogP contribution in [0.3, 0.4) is 0 Å². The lowest BCUT2D eigenvalue weighted by molar-refractivity contribution is -0.130. The number of aromatic nitrogens is 4. The molecule has 2 aromatic carbocycles. The van der Waals surface area contributed by atoms with Crippen LogP contribution in [0.5, 0.6) is 0 Å². The Kier molecular flexibility index (Phi) is 6.78. The molecular formula is C30H31N7O. The van der Waals surface area contributed by atoms with E-state index in [0.29, 0.717) is 6.04 Å². The van der Waals surface area contributed by atoms with Crippen LogP contribution in [-0.2, 0) is 4.79 Å². The fourth-order valence-electron chi connectivity index (χ4n) is 5.31. The second-order valence-corrected chi connectivity index (χ2v) is 9.87. The number of carbonyl (C=O) groups excluding carboxylic acids is 1. The molecule has 2 aliphatic rings. The molecule has 2 aliphatic heterocycles. The van der Waals surface area contributed by atoms with E-state index < -0.39 is 0 Å². The number of imidazole rings is 2. The molecular weight excluding hydrogens is 474 g/mol. The van der Waals surface area contributed by atoms with Crippen molar-refractivity contribution < 1.29 is 4.79 Å². The number of amides is 1. The fraction of sp³-hybridized carbons (Fsp3) is 0.300. The van der Waals surface area contributed by atoms with Gasteiger partial charge in [-0.05, 0) is 67.6 Å². The average Bonchev–Trinajstić information content (AvgIpc) is 3.77. The van der Waals surface area contributed by atoms with Gasteiger partial charge in [-0.1, -0.05) is 36.1 Å². The van der Waals surface area contributed by atoms with Crippen molar-refractivity contribution in [3.63, 3.8) is 0 Å². The summed E-state index contributed by atoms with van der Waals surface area (Å²) in [5, 5.41) is 3.48. The molecule has 0 unspecified atom stereocenters. The lowest BCUT2D eigenvalue weighted by atomic mass is 10.1. The number of aromatic amines is 2. The van der Waals surface area contributed by atoms with Crippen LogP contribution in [-0.4, -0.2) is 50.4 Å². The monoisotopic (exact) mass is 505 g/mol. The summed E-state index contributed by atoms with van der Waals surface area (Å²) in [4.78, 5) is 30.0. The molecule has 0 saturated carbocycles. The number of H-pyrrole nitrogens is 2. The first kappa shape index (κ1) is 24.2. The predicted octanol–water partition coefficient (Wildman–Crippen LogP) is 3.91. The zero-order chi connectivity index (χ0) is 25.9. The highest BCUT2D eigenvalue weighted by Crippen LogP contribution is 2.31. The van der Waals surface area contributed by atoms with Gasteiger partial charge in [-0.3, -0.25) is 4.79 Å². The highest BCUT2D eigenvalue weighted by Gasteiger charge is 2.31. The Balaban J connectivity index is 1.11. The second kappa shape index (κ2) is 10.7. The number of rotatable bonds is 5. The van der Waals surface area contributed by atoms with E-state index in [2.05, 4.69) is 49.2 Å². The summed E-state index contributed by atoms with van der Waals surface area (Å²) in [6.45, 7) is 1.81. The van der Waals surface area contributed by atoms with Crippen molar-refractivity contribution in [2.24, 2.45) is 5.73 Å². The van der Waals surface area contributed by atoms with Crippen LogP contribution >= 0.6 is 0 Å². The number of hydrogen-bond acceptors (Lipinski definition) is 5. The number of nitrogens with two attached hydrogens (primary N) is 1. The van der Waals surface area contributed by atoms with E-state index in [0.717, 1.165) is 77.6 Å². The number of nitrogens with zero attached hydrogens (tertiary/aromatic N) is 3. The minimum Gasteiger partial charge on any atom is -0.341 e. The lowest BCUT2D eigenvalue weighted by Gasteiger charge is -2.22. The van der Waals surface area contributed by atoms with Gasteiger partial charge in [-0.15, -0.1) is 0 Å². The fourth-order valence-corrected chi connectivity index (χ4v) is 5.31. The summed E-state index contributed by atoms with van der Waals surface area (Å²) < 4.78 is 0. The first-order chi connectivity index (χ1) is 18.7. The molecule has 2 saturated heterocycles. The molecule has 0 spiro atoms. The van der Waals surface area contributed by atoms with Gasteiger partial charge in [-0.2, -0.15) is 0 Å². The van der Waals surface area contributed by atoms with Crippen LogP contribution in [0.25, 0.3) is 22.5 Å². The number of likely N-dealkylation sites (tertiary alicyclic amines) is 1. The topological polar surface area (TPSA) is 116 Å². The number of nitrogens with one attached hydrogen (secondary N) is 3. The molecule has 0 aliphatic carbocycles. The Bertz CT molecular complexity index is 1470. The first-order valence-corrected chi connectivity index (χ1v) is 13.2. The Morgan fingerprint density at radius 2 is 1.47 bits per heavy atom. The summed E-state index contributed by atoms with van der Waals surface area (Å²) in [6.07, 6.45) is 7.92. The van der Waals surface area contributed by atoms with Crippen LogP contribution in [0.15, 0.2) is 60.9 Å². The summed E-state index contributed by atoms with van der Waals surface area (Å²) >= 11 is 0. The van der Waals surface area contributed by atoms with Gasteiger partial charge in [0, 0.05) is 17.7 Å². The van der Waals surface area contributed by atoms with Crippen molar-refractivity contribution in [1.29, 1.82) is 0 Å². The third kappa shape index (κ3) is 4.99. The van der Waals surface area contributed by atoms with Gasteiger partial charge in [0.2, 0.25) is 5.91 Å². The van der Waals surface area contributed by atoms with Crippen molar-refractivity contribution in [2.75, 3.05) is 19.6 Å². The van der Waals surface area contributed by atoms with Crippen molar-refractivity contribution in [1.82, 2.24) is 30.2 Å². The second-order valence-electron chi connectivity index (χ2n) is 9.87. The largest absolute Gasteiger partial charge is 0.341 e. The third-order valence-corrected chi connectivity index (χ3v) is 7.39. The van der Waals surface area contributed by atoms with Gasteiger partial charge in [0.25, 0.3) is 0 Å². The number of benzene rings is 2. The van der Waals surface area contributed by atoms with E-state index in [-0.39, 0.29) is 18.5 Å². The highest BCUT2D eigenvalue weighted by molar-refractivity contribution is 5.78. The number of carbonyl (C=O) groups is 1. The lowest BCUT2D eigenvalue weighted by Crippen LogP contribution is -2.35. The van der Waals surface area contributed by atoms with E-state index >= 15 is 0 Å². The molecule has 2 aromatic heterocycles. The van der Waals surface area contributed by atoms with Crippen molar-refractivity contribution >= 4 is 5.91 Å². The number of hydrogen-bond donors (Lipinski definition) is 4. The van der Waals surface area contributed by atoms with Crippen LogP contribution in [0.4, 0.5) is 0 Å². The summed E-state index contributed by atoms with van der Waals surface area (Å²) in [5.74, 6) is 8.31. The molecule has 0 bridgehead atoms. The maximum atomic E-state index is 12.1. The summed E-state index contributed by atoms with van der Waals surface area (Å²) in [6, 6.07) is 16.6. The molecule has 192 valence electrons. The Morgan fingerprint density at radius 1 is 0.868 bits per heavy atom. The first-order valence-electron chi connectivity index (χ1n) is 13.2. The van der Waals surface area contributed by atoms with Crippen molar-refractivity contribution in [3.8, 4) is 34.4 Å². The van der Waals surface area contributed by atoms with E-state index in [1.807, 2.05) is 53.7 Å². The average molecular weight is 506 g/mol. The highest BCUT2D eigenvalue weighted by atomic mass is 16.2. The molecule has 1 amide bonds. The van der Waals surface area contributed by atoms with Crippen molar-refractivity contribution in [2.45, 2.75) is 37.8 Å². The van der Waals surface area contributed by atoms with E-state index in [4.69, 9.17) is 5.73 Å². The molecule has 0 radical (unpaired) electrons. The summed E-state index contributed by atoms with van der Waals surface area (Å²) in [5.41, 5.74) is 11.6. The zero-order valence-corrected chi connectivity index (χ0v) is 21.2. The predicted molar refractivity (Wildman–Crippen MR) is 147 cm³/mol. The van der Waals surface area contributed by atoms with Crippen LogP contribution < -0.4 is 11.1 Å². The van der Waals surface area contributed by atoms with Gasteiger partial charge in [0.05, 0.1) is 42.4 Å². The van der Waals surface area contributed by atoms with Crippen LogP contribution in [0, 0.1) is 11.8 Å². The third-order valence-electron chi connectivity index (χ3n) is 7.39. The van der Waals surface area contributed by atoms with E-state index in [1.165, 1.54) is 6.42 Å². The van der Waals surface area contributed by atoms with E-state index in [1.54, 1.807) is 0 Å². The summed E-state index contributed by atoms with van der Waals surface area (Å²) in [7, 11) is 0. The van der Waals surface area contributed by atoms with Crippen molar-refractivity contribution in [3.05, 3.63) is 83.7 Å². The molecule has 4 aromatic rings. The smallest absolute Gasteiger partial charge is 0.236 e. The Hall–Kier alpha value is -4.19. The normalized spacial score (nSPS) is 18.9. The SMILES string of the molecule is NCC(=O)N1CCC[C@H]1c1ncc(-c2ccc(C#Cc3ccc(-c4cnc([C@@H]5CCCN5)[nH]4)cc3)cc2)[nH]1. The van der Waals surface area contributed by atoms with Gasteiger partial charge >= 0.3 is 0 Å². The van der Waals surface area contributed by atoms with E-state index in [9.17, 15) is 4.79 Å². The van der Waals surface area contributed by atoms with Gasteiger partial charge in [0.15, 0.2) is 0 Å². The van der Waals surface area contributed by atoms with Gasteiger partial charge < -0.3 is 25.9 Å². The minimum absolute atomic E-state index is 0.0279. The Morgan fingerprint density at radius 3 is 2.05 bits per heavy atom. The minimum atomic E-state index is -0.0321. The quantitative estimate of drug-likeness (QED) is 0.307. The maximum absolute atomic E-state index is 12.1. The zero-order valence-electron chi connectivity index (χ0n) is 21.2. The maximum Gasteiger partial charge on any atom is 0.236 e. The molecule has 5 N–H and O–H groups in total. The Labute approximate surface area is 222 Å². The molecule has 38 heavy (non-hydrogen) atoms. The van der Waals surface area contributed by atoms with Crippen LogP contribution in [0.2, 0.25) is 0 Å². The molecule has 2 atom stereocenters. The van der Waals surface area contributed by atoms with Gasteiger partial charge in [-0.25, -0.2) is 9.97 Å². The molecule has 8 heteroatoms.